The molecule has 0 aromatic rings. The fourth-order valence-electron chi connectivity index (χ4n) is 1.46. The van der Waals surface area contributed by atoms with Gasteiger partial charge in [0.1, 0.15) is 5.60 Å². The predicted molar refractivity (Wildman–Crippen MR) is 63.0 cm³/mol. The second-order valence-electron chi connectivity index (χ2n) is 5.17. The van der Waals surface area contributed by atoms with Crippen LogP contribution in [0.2, 0.25) is 0 Å². The molecule has 1 N–H and O–H groups in total. The molecule has 2 unspecified atom stereocenters. The standard InChI is InChI=1S/C10H20N2O3S/c1-8-7-12(5-6-16(8,11)14)9(13)15-10(2,3)4/h8,11H,5-7H2,1-4H3. The van der Waals surface area contributed by atoms with Crippen LogP contribution in [0.3, 0.4) is 0 Å². The first-order valence-electron chi connectivity index (χ1n) is 5.35. The van der Waals surface area contributed by atoms with Crippen molar-refractivity contribution in [2.45, 2.75) is 38.5 Å². The van der Waals surface area contributed by atoms with Crippen LogP contribution in [0.15, 0.2) is 0 Å². The Morgan fingerprint density at radius 2 is 2.06 bits per heavy atom. The lowest BCUT2D eigenvalue weighted by atomic mass is 10.2. The van der Waals surface area contributed by atoms with Gasteiger partial charge in [-0.1, -0.05) is 0 Å². The minimum atomic E-state index is -2.52. The molecule has 0 saturated carbocycles. The molecule has 0 aromatic heterocycles. The van der Waals surface area contributed by atoms with Crippen molar-refractivity contribution in [3.63, 3.8) is 0 Å². The summed E-state index contributed by atoms with van der Waals surface area (Å²) in [4.78, 5) is 13.3. The van der Waals surface area contributed by atoms with E-state index in [4.69, 9.17) is 9.52 Å². The molecule has 2 atom stereocenters. The maximum absolute atomic E-state index is 11.7. The molecule has 16 heavy (non-hydrogen) atoms. The van der Waals surface area contributed by atoms with Crippen molar-refractivity contribution in [2.75, 3.05) is 18.8 Å². The van der Waals surface area contributed by atoms with Gasteiger partial charge >= 0.3 is 6.09 Å². The van der Waals surface area contributed by atoms with Gasteiger partial charge in [-0.3, -0.25) is 4.78 Å². The lowest BCUT2D eigenvalue weighted by Gasteiger charge is -2.33. The molecule has 1 aliphatic rings. The Morgan fingerprint density at radius 1 is 1.50 bits per heavy atom. The molecule has 1 amide bonds. The van der Waals surface area contributed by atoms with E-state index in [1.165, 1.54) is 4.90 Å². The van der Waals surface area contributed by atoms with Crippen molar-refractivity contribution in [3.05, 3.63) is 0 Å². The van der Waals surface area contributed by atoms with Crippen molar-refractivity contribution in [2.24, 2.45) is 0 Å². The third-order valence-electron chi connectivity index (χ3n) is 2.44. The number of hydrogen-bond donors (Lipinski definition) is 1. The fourth-order valence-corrected chi connectivity index (χ4v) is 2.78. The summed E-state index contributed by atoms with van der Waals surface area (Å²) >= 11 is 0. The zero-order valence-electron chi connectivity index (χ0n) is 10.3. The van der Waals surface area contributed by atoms with Crippen molar-refractivity contribution >= 4 is 15.8 Å². The van der Waals surface area contributed by atoms with E-state index in [0.717, 1.165) is 0 Å². The minimum absolute atomic E-state index is 0.243. The first-order valence-corrected chi connectivity index (χ1v) is 7.14. The number of nitrogens with one attached hydrogen (secondary N) is 1. The summed E-state index contributed by atoms with van der Waals surface area (Å²) in [6, 6.07) is 0. The van der Waals surface area contributed by atoms with Crippen LogP contribution >= 0.6 is 0 Å². The Hall–Kier alpha value is -0.780. The van der Waals surface area contributed by atoms with E-state index in [1.807, 2.05) is 20.8 Å². The molecule has 1 fully saturated rings. The summed E-state index contributed by atoms with van der Waals surface area (Å²) < 4.78 is 24.5. The van der Waals surface area contributed by atoms with Crippen LogP contribution in [0.25, 0.3) is 0 Å². The van der Waals surface area contributed by atoms with Gasteiger partial charge in [0.15, 0.2) is 0 Å². The number of amides is 1. The molecule has 0 aliphatic carbocycles. The number of carbonyl (C=O) groups excluding carboxylic acids is 1. The first kappa shape index (κ1) is 13.3. The van der Waals surface area contributed by atoms with E-state index in [1.54, 1.807) is 6.92 Å². The molecule has 0 bridgehead atoms. The van der Waals surface area contributed by atoms with Gasteiger partial charge in [0, 0.05) is 18.8 Å². The van der Waals surface area contributed by atoms with Gasteiger partial charge < -0.3 is 9.64 Å². The van der Waals surface area contributed by atoms with E-state index < -0.39 is 15.3 Å². The molecule has 0 aromatic carbocycles. The summed E-state index contributed by atoms with van der Waals surface area (Å²) in [6.07, 6.45) is -0.380. The Balaban J connectivity index is 2.62. The highest BCUT2D eigenvalue weighted by molar-refractivity contribution is 7.93. The molecule has 1 aliphatic heterocycles. The van der Waals surface area contributed by atoms with Crippen LogP contribution < -0.4 is 0 Å². The molecular weight excluding hydrogens is 228 g/mol. The highest BCUT2D eigenvalue weighted by Gasteiger charge is 2.31. The van der Waals surface area contributed by atoms with Crippen LogP contribution in [0.1, 0.15) is 27.7 Å². The zero-order chi connectivity index (χ0) is 12.6. The van der Waals surface area contributed by atoms with E-state index >= 15 is 0 Å². The average Bonchev–Trinajstić information content (AvgIpc) is 2.06. The molecular formula is C10H20N2O3S. The van der Waals surface area contributed by atoms with Crippen LogP contribution in [-0.4, -0.2) is 44.9 Å². The van der Waals surface area contributed by atoms with Gasteiger partial charge in [-0.25, -0.2) is 9.00 Å². The smallest absolute Gasteiger partial charge is 0.410 e. The second-order valence-corrected chi connectivity index (χ2v) is 7.83. The van der Waals surface area contributed by atoms with Crippen LogP contribution in [0, 0.1) is 4.78 Å². The van der Waals surface area contributed by atoms with Crippen molar-refractivity contribution < 1.29 is 13.7 Å². The molecule has 1 saturated heterocycles. The van der Waals surface area contributed by atoms with Gasteiger partial charge in [-0.05, 0) is 27.7 Å². The monoisotopic (exact) mass is 248 g/mol. The summed E-state index contributed by atoms with van der Waals surface area (Å²) in [6.45, 7) is 7.87. The van der Waals surface area contributed by atoms with Gasteiger partial charge in [-0.2, -0.15) is 0 Å². The normalized spacial score (nSPS) is 31.2. The Bertz CT molecular complexity index is 370. The Kier molecular flexibility index (Phi) is 3.52. The lowest BCUT2D eigenvalue weighted by Crippen LogP contribution is -2.49. The highest BCUT2D eigenvalue weighted by atomic mass is 32.2. The number of ether oxygens (including phenoxy) is 1. The largest absolute Gasteiger partial charge is 0.444 e. The summed E-state index contributed by atoms with van der Waals surface area (Å²) in [5.41, 5.74) is -0.514. The third kappa shape index (κ3) is 3.37. The number of nitrogens with zero attached hydrogens (tertiary/aromatic N) is 1. The SMILES string of the molecule is CC1CN(C(=O)OC(C)(C)C)CCS1(=N)=O. The lowest BCUT2D eigenvalue weighted by molar-refractivity contribution is 0.0256. The topological polar surface area (TPSA) is 70.5 Å². The van der Waals surface area contributed by atoms with Gasteiger partial charge in [0.2, 0.25) is 0 Å². The van der Waals surface area contributed by atoms with Crippen LogP contribution in [0.5, 0.6) is 0 Å². The van der Waals surface area contributed by atoms with E-state index in [0.29, 0.717) is 13.1 Å². The van der Waals surface area contributed by atoms with Crippen molar-refractivity contribution in [1.82, 2.24) is 4.90 Å². The van der Waals surface area contributed by atoms with E-state index in [2.05, 4.69) is 0 Å². The Labute approximate surface area is 97.1 Å². The predicted octanol–water partition coefficient (Wildman–Crippen LogP) is 1.67. The number of hydrogen-bond acceptors (Lipinski definition) is 4. The van der Waals surface area contributed by atoms with Gasteiger partial charge in [0.05, 0.1) is 15.0 Å². The third-order valence-corrected chi connectivity index (χ3v) is 4.68. The zero-order valence-corrected chi connectivity index (χ0v) is 11.1. The van der Waals surface area contributed by atoms with Crippen molar-refractivity contribution in [1.29, 1.82) is 4.78 Å². The van der Waals surface area contributed by atoms with Crippen LogP contribution in [-0.2, 0) is 14.5 Å². The maximum Gasteiger partial charge on any atom is 0.410 e. The van der Waals surface area contributed by atoms with Gasteiger partial charge in [0.25, 0.3) is 0 Å². The molecule has 94 valence electrons. The Morgan fingerprint density at radius 3 is 2.50 bits per heavy atom. The highest BCUT2D eigenvalue weighted by Crippen LogP contribution is 2.16. The minimum Gasteiger partial charge on any atom is -0.444 e. The number of carbonyl (C=O) groups is 1. The summed E-state index contributed by atoms with van der Waals surface area (Å²) in [7, 11) is -2.52. The van der Waals surface area contributed by atoms with Crippen molar-refractivity contribution in [3.8, 4) is 0 Å². The molecule has 0 radical (unpaired) electrons. The van der Waals surface area contributed by atoms with E-state index in [-0.39, 0.29) is 17.1 Å². The summed E-state index contributed by atoms with van der Waals surface area (Å²) in [5.74, 6) is 0.243. The fraction of sp³-hybridized carbons (Fsp3) is 0.900. The maximum atomic E-state index is 11.7. The summed E-state index contributed by atoms with van der Waals surface area (Å²) in [5, 5.41) is -0.284. The van der Waals surface area contributed by atoms with E-state index in [9.17, 15) is 9.00 Å². The quantitative estimate of drug-likeness (QED) is 0.709. The molecule has 6 heteroatoms. The molecule has 1 heterocycles. The second kappa shape index (κ2) is 4.24. The molecule has 5 nitrogen and oxygen atoms in total. The number of rotatable bonds is 0. The van der Waals surface area contributed by atoms with Gasteiger partial charge in [-0.15, -0.1) is 0 Å². The first-order chi connectivity index (χ1) is 7.12. The van der Waals surface area contributed by atoms with Crippen LogP contribution in [0.4, 0.5) is 4.79 Å². The average molecular weight is 248 g/mol. The molecule has 1 rings (SSSR count). The molecule has 0 spiro atoms.